The van der Waals surface area contributed by atoms with Gasteiger partial charge < -0.3 is 15.2 Å². The van der Waals surface area contributed by atoms with Crippen LogP contribution in [0, 0.1) is 5.82 Å². The molecule has 1 aliphatic heterocycles. The smallest absolute Gasteiger partial charge is 0.251 e. The molecule has 0 radical (unpaired) electrons. The Bertz CT molecular complexity index is 340. The van der Waals surface area contributed by atoms with Crippen molar-refractivity contribution in [3.63, 3.8) is 0 Å². The van der Waals surface area contributed by atoms with E-state index in [1.54, 1.807) is 6.07 Å². The molecule has 5 heteroatoms. The van der Waals surface area contributed by atoms with Gasteiger partial charge in [0.1, 0.15) is 6.10 Å². The van der Waals surface area contributed by atoms with Crippen LogP contribution in [0.15, 0.2) is 12.3 Å². The summed E-state index contributed by atoms with van der Waals surface area (Å²) in [6, 6.07) is 1.55. The number of nitrogens with two attached hydrogens (primary N) is 1. The van der Waals surface area contributed by atoms with Gasteiger partial charge in [-0.2, -0.15) is 0 Å². The molecular formula is C10H13FN2O2. The van der Waals surface area contributed by atoms with Crippen LogP contribution in [0.25, 0.3) is 0 Å². The molecular weight excluding hydrogens is 199 g/mol. The second-order valence-electron chi connectivity index (χ2n) is 3.40. The summed E-state index contributed by atoms with van der Waals surface area (Å²) in [5, 5.41) is 0. The summed E-state index contributed by atoms with van der Waals surface area (Å²) >= 11 is 0. The molecule has 1 aliphatic rings. The van der Waals surface area contributed by atoms with Crippen molar-refractivity contribution in [1.29, 1.82) is 0 Å². The Hall–Kier alpha value is -1.20. The van der Waals surface area contributed by atoms with E-state index in [1.165, 1.54) is 6.20 Å². The number of aromatic nitrogens is 1. The summed E-state index contributed by atoms with van der Waals surface area (Å²) in [6.07, 6.45) is 2.17. The van der Waals surface area contributed by atoms with E-state index in [0.29, 0.717) is 18.8 Å². The van der Waals surface area contributed by atoms with Gasteiger partial charge in [-0.3, -0.25) is 0 Å². The van der Waals surface area contributed by atoms with Crippen LogP contribution in [0.4, 0.5) is 4.39 Å². The van der Waals surface area contributed by atoms with Crippen molar-refractivity contribution in [3.05, 3.63) is 23.6 Å². The van der Waals surface area contributed by atoms with E-state index >= 15 is 0 Å². The third-order valence-corrected chi connectivity index (χ3v) is 2.32. The molecule has 1 aromatic heterocycles. The monoisotopic (exact) mass is 212 g/mol. The first kappa shape index (κ1) is 10.3. The molecule has 2 rings (SSSR count). The van der Waals surface area contributed by atoms with Gasteiger partial charge in [-0.1, -0.05) is 0 Å². The van der Waals surface area contributed by atoms with E-state index in [1.807, 2.05) is 0 Å². The fourth-order valence-electron chi connectivity index (χ4n) is 1.47. The maximum absolute atomic E-state index is 13.6. The van der Waals surface area contributed by atoms with Crippen molar-refractivity contribution in [2.24, 2.45) is 5.73 Å². The third kappa shape index (κ3) is 2.24. The van der Waals surface area contributed by atoms with E-state index in [9.17, 15) is 4.39 Å². The first-order chi connectivity index (χ1) is 7.31. The largest absolute Gasteiger partial charge is 0.470 e. The highest BCUT2D eigenvalue weighted by Crippen LogP contribution is 2.20. The summed E-state index contributed by atoms with van der Waals surface area (Å²) in [5.41, 5.74) is 5.80. The topological polar surface area (TPSA) is 57.4 Å². The fraction of sp³-hybridized carbons (Fsp3) is 0.500. The zero-order valence-electron chi connectivity index (χ0n) is 8.28. The minimum Gasteiger partial charge on any atom is -0.470 e. The highest BCUT2D eigenvalue weighted by Gasteiger charge is 2.20. The Morgan fingerprint density at radius 1 is 1.67 bits per heavy atom. The minimum atomic E-state index is -0.466. The number of rotatable bonds is 3. The van der Waals surface area contributed by atoms with Gasteiger partial charge >= 0.3 is 0 Å². The average molecular weight is 212 g/mol. The van der Waals surface area contributed by atoms with Crippen molar-refractivity contribution in [3.8, 4) is 5.88 Å². The van der Waals surface area contributed by atoms with Crippen LogP contribution in [-0.2, 0) is 11.3 Å². The zero-order valence-corrected chi connectivity index (χ0v) is 8.28. The molecule has 15 heavy (non-hydrogen) atoms. The van der Waals surface area contributed by atoms with E-state index in [0.717, 1.165) is 6.42 Å². The molecule has 1 aromatic rings. The maximum Gasteiger partial charge on any atom is 0.251 e. The molecule has 0 aromatic carbocycles. The zero-order chi connectivity index (χ0) is 10.7. The van der Waals surface area contributed by atoms with Gasteiger partial charge in [0, 0.05) is 24.7 Å². The summed E-state index contributed by atoms with van der Waals surface area (Å²) < 4.78 is 24.1. The van der Waals surface area contributed by atoms with Crippen LogP contribution in [-0.4, -0.2) is 24.3 Å². The van der Waals surface area contributed by atoms with Gasteiger partial charge in [-0.25, -0.2) is 9.37 Å². The molecule has 1 unspecified atom stereocenters. The summed E-state index contributed by atoms with van der Waals surface area (Å²) in [5.74, 6) is -0.444. The molecule has 1 saturated heterocycles. The molecule has 2 N–H and O–H groups in total. The second kappa shape index (κ2) is 4.55. The minimum absolute atomic E-state index is 0.0217. The average Bonchev–Trinajstić information content (AvgIpc) is 2.74. The first-order valence-corrected chi connectivity index (χ1v) is 4.89. The van der Waals surface area contributed by atoms with Crippen molar-refractivity contribution in [2.45, 2.75) is 19.1 Å². The molecule has 1 atom stereocenters. The SMILES string of the molecule is NCc1ccnc(OC2CCOC2)c1F. The normalized spacial score (nSPS) is 20.5. The lowest BCUT2D eigenvalue weighted by atomic mass is 10.2. The highest BCUT2D eigenvalue weighted by atomic mass is 19.1. The summed E-state index contributed by atoms with van der Waals surface area (Å²) in [4.78, 5) is 3.84. The lowest BCUT2D eigenvalue weighted by Crippen LogP contribution is -2.18. The highest BCUT2D eigenvalue weighted by molar-refractivity contribution is 5.23. The molecule has 0 aliphatic carbocycles. The van der Waals surface area contributed by atoms with Crippen LogP contribution in [0.2, 0.25) is 0 Å². The number of ether oxygens (including phenoxy) is 2. The Balaban J connectivity index is 2.13. The number of nitrogens with zero attached hydrogens (tertiary/aromatic N) is 1. The number of halogens is 1. The second-order valence-corrected chi connectivity index (χ2v) is 3.40. The molecule has 82 valence electrons. The van der Waals surface area contributed by atoms with Crippen molar-refractivity contribution in [1.82, 2.24) is 4.98 Å². The lowest BCUT2D eigenvalue weighted by Gasteiger charge is -2.12. The Morgan fingerprint density at radius 2 is 2.53 bits per heavy atom. The molecule has 2 heterocycles. The van der Waals surface area contributed by atoms with Crippen molar-refractivity contribution in [2.75, 3.05) is 13.2 Å². The van der Waals surface area contributed by atoms with Gasteiger partial charge in [0.2, 0.25) is 0 Å². The van der Waals surface area contributed by atoms with Crippen LogP contribution in [0.3, 0.4) is 0 Å². The van der Waals surface area contributed by atoms with Crippen molar-refractivity contribution >= 4 is 0 Å². The van der Waals surface area contributed by atoms with Crippen LogP contribution >= 0.6 is 0 Å². The number of pyridine rings is 1. The molecule has 0 amide bonds. The third-order valence-electron chi connectivity index (χ3n) is 2.32. The Kier molecular flexibility index (Phi) is 3.13. The van der Waals surface area contributed by atoms with E-state index in [4.69, 9.17) is 15.2 Å². The van der Waals surface area contributed by atoms with E-state index in [2.05, 4.69) is 4.98 Å². The van der Waals surface area contributed by atoms with E-state index < -0.39 is 5.82 Å². The van der Waals surface area contributed by atoms with Gasteiger partial charge in [0.15, 0.2) is 5.82 Å². The maximum atomic E-state index is 13.6. The van der Waals surface area contributed by atoms with Crippen LogP contribution < -0.4 is 10.5 Å². The van der Waals surface area contributed by atoms with Gasteiger partial charge in [-0.15, -0.1) is 0 Å². The first-order valence-electron chi connectivity index (χ1n) is 4.89. The van der Waals surface area contributed by atoms with Gasteiger partial charge in [0.25, 0.3) is 5.88 Å². The van der Waals surface area contributed by atoms with E-state index in [-0.39, 0.29) is 18.5 Å². The number of hydrogen-bond donors (Lipinski definition) is 1. The molecule has 1 fully saturated rings. The predicted molar refractivity (Wildman–Crippen MR) is 51.9 cm³/mol. The van der Waals surface area contributed by atoms with Crippen LogP contribution in [0.1, 0.15) is 12.0 Å². The van der Waals surface area contributed by atoms with Crippen molar-refractivity contribution < 1.29 is 13.9 Å². The molecule has 0 bridgehead atoms. The Morgan fingerprint density at radius 3 is 3.20 bits per heavy atom. The summed E-state index contributed by atoms with van der Waals surface area (Å²) in [7, 11) is 0. The molecule has 0 spiro atoms. The quantitative estimate of drug-likeness (QED) is 0.806. The van der Waals surface area contributed by atoms with Gasteiger partial charge in [-0.05, 0) is 6.07 Å². The lowest BCUT2D eigenvalue weighted by molar-refractivity contribution is 0.134. The van der Waals surface area contributed by atoms with Crippen LogP contribution in [0.5, 0.6) is 5.88 Å². The molecule has 4 nitrogen and oxygen atoms in total. The standard InChI is InChI=1S/C10H13FN2O2/c11-9-7(5-12)1-3-13-10(9)15-8-2-4-14-6-8/h1,3,8H,2,4-6,12H2. The van der Waals surface area contributed by atoms with Gasteiger partial charge in [0.05, 0.1) is 13.2 Å². The predicted octanol–water partition coefficient (Wildman–Crippen LogP) is 0.847. The molecule has 0 saturated carbocycles. The summed E-state index contributed by atoms with van der Waals surface area (Å²) in [6.45, 7) is 1.29. The number of hydrogen-bond acceptors (Lipinski definition) is 4. The fourth-order valence-corrected chi connectivity index (χ4v) is 1.47. The Labute approximate surface area is 87.2 Å².